The summed E-state index contributed by atoms with van der Waals surface area (Å²) in [6.07, 6.45) is 0. The lowest BCUT2D eigenvalue weighted by molar-refractivity contribution is 0.103. The Hall–Kier alpha value is -2.09. The molecule has 0 N–H and O–H groups in total. The first-order valence-electron chi connectivity index (χ1n) is 6.41. The first kappa shape index (κ1) is 13.3. The van der Waals surface area contributed by atoms with E-state index in [1.165, 1.54) is 5.56 Å². The fourth-order valence-corrected chi connectivity index (χ4v) is 2.01. The molecule has 0 bridgehead atoms. The predicted octanol–water partition coefficient (Wildman–Crippen LogP) is 4.05. The molecule has 0 unspecified atom stereocenters. The normalized spacial score (nSPS) is 10.5. The third kappa shape index (κ3) is 2.84. The molecule has 0 atom stereocenters. The van der Waals surface area contributed by atoms with Crippen LogP contribution in [0.1, 0.15) is 41.3 Å². The molecule has 0 fully saturated rings. The van der Waals surface area contributed by atoms with Crippen molar-refractivity contribution in [2.24, 2.45) is 0 Å². The van der Waals surface area contributed by atoms with Gasteiger partial charge in [-0.2, -0.15) is 0 Å². The van der Waals surface area contributed by atoms with Crippen LogP contribution in [0, 0.1) is 0 Å². The molecule has 0 aliphatic carbocycles. The van der Waals surface area contributed by atoms with Crippen LogP contribution in [0.2, 0.25) is 0 Å². The van der Waals surface area contributed by atoms with Gasteiger partial charge in [0.25, 0.3) is 0 Å². The zero-order valence-corrected chi connectivity index (χ0v) is 11.5. The summed E-state index contributed by atoms with van der Waals surface area (Å²) in [5.41, 5.74) is 2.52. The number of methoxy groups -OCH3 is 1. The highest BCUT2D eigenvalue weighted by Crippen LogP contribution is 2.22. The monoisotopic (exact) mass is 254 g/mol. The minimum atomic E-state index is -0.00671. The summed E-state index contributed by atoms with van der Waals surface area (Å²) in [6, 6.07) is 15.1. The summed E-state index contributed by atoms with van der Waals surface area (Å²) < 4.78 is 5.23. The van der Waals surface area contributed by atoms with Crippen molar-refractivity contribution in [2.45, 2.75) is 19.8 Å². The van der Waals surface area contributed by atoms with Crippen molar-refractivity contribution in [3.8, 4) is 5.75 Å². The number of para-hydroxylation sites is 1. The second-order valence-electron chi connectivity index (χ2n) is 4.81. The summed E-state index contributed by atoms with van der Waals surface area (Å²) in [6.45, 7) is 4.27. The highest BCUT2D eigenvalue weighted by Gasteiger charge is 2.13. The van der Waals surface area contributed by atoms with Crippen molar-refractivity contribution in [1.29, 1.82) is 0 Å². The zero-order chi connectivity index (χ0) is 13.8. The van der Waals surface area contributed by atoms with Gasteiger partial charge in [-0.25, -0.2) is 0 Å². The van der Waals surface area contributed by atoms with Crippen LogP contribution in [0.4, 0.5) is 0 Å². The Kier molecular flexibility index (Phi) is 4.00. The topological polar surface area (TPSA) is 26.3 Å². The summed E-state index contributed by atoms with van der Waals surface area (Å²) in [7, 11) is 1.58. The predicted molar refractivity (Wildman–Crippen MR) is 77.0 cm³/mol. The molecule has 2 aromatic carbocycles. The van der Waals surface area contributed by atoms with Crippen molar-refractivity contribution in [3.63, 3.8) is 0 Å². The Morgan fingerprint density at radius 1 is 1.00 bits per heavy atom. The zero-order valence-electron chi connectivity index (χ0n) is 11.5. The van der Waals surface area contributed by atoms with Crippen LogP contribution in [0.15, 0.2) is 48.5 Å². The Balaban J connectivity index is 2.33. The number of carbonyl (C=O) groups is 1. The molecule has 0 saturated heterocycles. The Bertz CT molecular complexity index is 568. The van der Waals surface area contributed by atoms with E-state index in [0.717, 1.165) is 0 Å². The molecule has 0 aliphatic rings. The van der Waals surface area contributed by atoms with Gasteiger partial charge in [0.2, 0.25) is 0 Å². The van der Waals surface area contributed by atoms with E-state index in [0.29, 0.717) is 22.8 Å². The Labute approximate surface area is 114 Å². The highest BCUT2D eigenvalue weighted by atomic mass is 16.5. The van der Waals surface area contributed by atoms with Crippen LogP contribution in [-0.2, 0) is 0 Å². The molecule has 0 saturated carbocycles. The average molecular weight is 254 g/mol. The number of hydrogen-bond donors (Lipinski definition) is 0. The maximum atomic E-state index is 12.4. The van der Waals surface area contributed by atoms with E-state index < -0.39 is 0 Å². The number of hydrogen-bond acceptors (Lipinski definition) is 2. The molecule has 0 aromatic heterocycles. The molecule has 2 rings (SSSR count). The third-order valence-electron chi connectivity index (χ3n) is 3.19. The molecular formula is C17H18O2. The minimum absolute atomic E-state index is 0.00671. The van der Waals surface area contributed by atoms with Gasteiger partial charge in [-0.05, 0) is 23.6 Å². The molecule has 0 amide bonds. The SMILES string of the molecule is COc1ccccc1C(=O)c1ccc(C(C)C)cc1. The van der Waals surface area contributed by atoms with Crippen LogP contribution in [0.25, 0.3) is 0 Å². The maximum Gasteiger partial charge on any atom is 0.196 e. The molecule has 2 nitrogen and oxygen atoms in total. The van der Waals surface area contributed by atoms with Crippen molar-refractivity contribution >= 4 is 5.78 Å². The average Bonchev–Trinajstić information content (AvgIpc) is 2.46. The Morgan fingerprint density at radius 3 is 2.21 bits per heavy atom. The van der Waals surface area contributed by atoms with Crippen LogP contribution in [0.5, 0.6) is 5.75 Å². The molecule has 2 heteroatoms. The summed E-state index contributed by atoms with van der Waals surface area (Å²) in [5, 5.41) is 0. The van der Waals surface area contributed by atoms with E-state index in [4.69, 9.17) is 4.74 Å². The van der Waals surface area contributed by atoms with Gasteiger partial charge in [0, 0.05) is 5.56 Å². The molecule has 0 spiro atoms. The van der Waals surface area contributed by atoms with Gasteiger partial charge in [-0.3, -0.25) is 4.79 Å². The first-order chi connectivity index (χ1) is 9.13. The van der Waals surface area contributed by atoms with Crippen molar-refractivity contribution in [3.05, 3.63) is 65.2 Å². The van der Waals surface area contributed by atoms with E-state index in [1.807, 2.05) is 36.4 Å². The number of rotatable bonds is 4. The first-order valence-corrected chi connectivity index (χ1v) is 6.41. The van der Waals surface area contributed by atoms with Crippen LogP contribution >= 0.6 is 0 Å². The Morgan fingerprint density at radius 2 is 1.63 bits per heavy atom. The van der Waals surface area contributed by atoms with Crippen molar-refractivity contribution in [2.75, 3.05) is 7.11 Å². The highest BCUT2D eigenvalue weighted by molar-refractivity contribution is 6.10. The lowest BCUT2D eigenvalue weighted by atomic mass is 9.98. The molecule has 98 valence electrons. The van der Waals surface area contributed by atoms with E-state index in [9.17, 15) is 4.79 Å². The molecule has 0 heterocycles. The summed E-state index contributed by atoms with van der Waals surface area (Å²) >= 11 is 0. The van der Waals surface area contributed by atoms with Gasteiger partial charge >= 0.3 is 0 Å². The molecular weight excluding hydrogens is 236 g/mol. The van der Waals surface area contributed by atoms with E-state index in [-0.39, 0.29) is 5.78 Å². The number of ether oxygens (including phenoxy) is 1. The van der Waals surface area contributed by atoms with Crippen molar-refractivity contribution < 1.29 is 9.53 Å². The van der Waals surface area contributed by atoms with Gasteiger partial charge in [-0.15, -0.1) is 0 Å². The summed E-state index contributed by atoms with van der Waals surface area (Å²) in [5.74, 6) is 1.07. The number of carbonyl (C=O) groups excluding carboxylic acids is 1. The second kappa shape index (κ2) is 5.70. The maximum absolute atomic E-state index is 12.4. The number of benzene rings is 2. The van der Waals surface area contributed by atoms with Gasteiger partial charge in [0.1, 0.15) is 5.75 Å². The van der Waals surface area contributed by atoms with E-state index in [2.05, 4.69) is 13.8 Å². The summed E-state index contributed by atoms with van der Waals surface area (Å²) in [4.78, 5) is 12.4. The second-order valence-corrected chi connectivity index (χ2v) is 4.81. The number of ketones is 1. The van der Waals surface area contributed by atoms with Gasteiger partial charge in [-0.1, -0.05) is 50.2 Å². The van der Waals surface area contributed by atoms with Crippen molar-refractivity contribution in [1.82, 2.24) is 0 Å². The van der Waals surface area contributed by atoms with Crippen LogP contribution < -0.4 is 4.74 Å². The molecule has 19 heavy (non-hydrogen) atoms. The fourth-order valence-electron chi connectivity index (χ4n) is 2.01. The minimum Gasteiger partial charge on any atom is -0.496 e. The van der Waals surface area contributed by atoms with Gasteiger partial charge in [0.15, 0.2) is 5.78 Å². The standard InChI is InChI=1S/C17H18O2/c1-12(2)13-8-10-14(11-9-13)17(18)15-6-4-5-7-16(15)19-3/h4-12H,1-3H3. The van der Waals surface area contributed by atoms with E-state index >= 15 is 0 Å². The molecule has 2 aromatic rings. The fraction of sp³-hybridized carbons (Fsp3) is 0.235. The van der Waals surface area contributed by atoms with Crippen LogP contribution in [0.3, 0.4) is 0 Å². The largest absolute Gasteiger partial charge is 0.496 e. The lowest BCUT2D eigenvalue weighted by Crippen LogP contribution is -2.04. The third-order valence-corrected chi connectivity index (χ3v) is 3.19. The van der Waals surface area contributed by atoms with Gasteiger partial charge < -0.3 is 4.74 Å². The lowest BCUT2D eigenvalue weighted by Gasteiger charge is -2.09. The smallest absolute Gasteiger partial charge is 0.196 e. The quantitative estimate of drug-likeness (QED) is 0.769. The van der Waals surface area contributed by atoms with Gasteiger partial charge in [0.05, 0.1) is 12.7 Å². The molecule has 0 radical (unpaired) electrons. The molecule has 0 aliphatic heterocycles. The van der Waals surface area contributed by atoms with Crippen LogP contribution in [-0.4, -0.2) is 12.9 Å². The van der Waals surface area contributed by atoms with E-state index in [1.54, 1.807) is 19.2 Å².